The topological polar surface area (TPSA) is 175 Å². The van der Waals surface area contributed by atoms with E-state index >= 15 is 0 Å². The van der Waals surface area contributed by atoms with Gasteiger partial charge in [0.05, 0.1) is 6.61 Å². The Bertz CT molecular complexity index is 1510. The molecule has 12 nitrogen and oxygen atoms in total. The number of hydrogen-bond acceptors (Lipinski definition) is 11. The lowest BCUT2D eigenvalue weighted by Gasteiger charge is -2.40. The van der Waals surface area contributed by atoms with Crippen LogP contribution in [-0.2, 0) is 42.9 Å². The molecule has 1 rings (SSSR count). The average molecular weight is 1120 g/mol. The highest BCUT2D eigenvalue weighted by Gasteiger charge is 2.50. The van der Waals surface area contributed by atoms with Crippen LogP contribution in [-0.4, -0.2) is 89.2 Å². The molecule has 79 heavy (non-hydrogen) atoms. The summed E-state index contributed by atoms with van der Waals surface area (Å²) in [6.45, 7) is 6.01. The third-order valence-corrected chi connectivity index (χ3v) is 15.2. The van der Waals surface area contributed by atoms with Gasteiger partial charge in [-0.1, -0.05) is 276 Å². The van der Waals surface area contributed by atoms with E-state index in [1.807, 2.05) is 0 Å². The van der Waals surface area contributed by atoms with Crippen molar-refractivity contribution in [2.45, 2.75) is 353 Å². The van der Waals surface area contributed by atoms with E-state index in [0.29, 0.717) is 19.3 Å². The van der Waals surface area contributed by atoms with Crippen LogP contribution in [0.5, 0.6) is 0 Å². The Morgan fingerprint density at radius 1 is 0.418 bits per heavy atom. The van der Waals surface area contributed by atoms with Crippen LogP contribution in [0.3, 0.4) is 0 Å². The molecule has 0 aromatic rings. The van der Waals surface area contributed by atoms with Gasteiger partial charge in [0, 0.05) is 19.3 Å². The summed E-state index contributed by atoms with van der Waals surface area (Å²) < 4.78 is 28.5. The van der Waals surface area contributed by atoms with Crippen LogP contribution >= 0.6 is 0 Å². The van der Waals surface area contributed by atoms with E-state index in [1.165, 1.54) is 167 Å². The molecular formula is C67H120O12. The first kappa shape index (κ1) is 74.0. The van der Waals surface area contributed by atoms with Crippen molar-refractivity contribution in [2.24, 2.45) is 0 Å². The smallest absolute Gasteiger partial charge is 0.335 e. The molecule has 460 valence electrons. The normalized spacial score (nSPS) is 18.0. The van der Waals surface area contributed by atoms with Crippen LogP contribution in [0.25, 0.3) is 0 Å². The molecule has 0 saturated carbocycles. The van der Waals surface area contributed by atoms with Gasteiger partial charge in [0.2, 0.25) is 0 Å². The molecule has 3 N–H and O–H groups in total. The van der Waals surface area contributed by atoms with E-state index in [4.69, 9.17) is 23.7 Å². The number of carboxylic acids is 1. The second kappa shape index (κ2) is 55.5. The molecule has 1 fully saturated rings. The molecule has 6 unspecified atom stereocenters. The third kappa shape index (κ3) is 45.2. The molecular weight excluding hydrogens is 997 g/mol. The number of esters is 3. The number of allylic oxidation sites excluding steroid dienone is 6. The SMILES string of the molecule is CCCCC/C=C\C/C=C\C/C=C\CCCCCCCCC(=O)OC1C(OCC(COC(=O)CCCCCCCCCCCCCCCCCCC)OC(=O)CCCCCCCCCCCCCCC)OC(C(=O)O)C(O)C1O. The quantitative estimate of drug-likeness (QED) is 0.0228. The van der Waals surface area contributed by atoms with Crippen LogP contribution in [0.15, 0.2) is 36.5 Å². The fourth-order valence-electron chi connectivity index (χ4n) is 10.1. The van der Waals surface area contributed by atoms with Crippen LogP contribution < -0.4 is 0 Å². The number of rotatable bonds is 57. The zero-order valence-electron chi connectivity index (χ0n) is 50.9. The summed E-state index contributed by atoms with van der Waals surface area (Å²) in [6.07, 6.45) is 53.8. The number of carboxylic acid groups (broad SMARTS) is 1. The first-order chi connectivity index (χ1) is 38.6. The van der Waals surface area contributed by atoms with Gasteiger partial charge in [0.15, 0.2) is 24.6 Å². The lowest BCUT2D eigenvalue weighted by atomic mass is 9.98. The molecule has 0 radical (unpaired) electrons. The van der Waals surface area contributed by atoms with Gasteiger partial charge in [-0.3, -0.25) is 14.4 Å². The highest BCUT2D eigenvalue weighted by atomic mass is 16.7. The van der Waals surface area contributed by atoms with Gasteiger partial charge in [-0.25, -0.2) is 4.79 Å². The van der Waals surface area contributed by atoms with Gasteiger partial charge >= 0.3 is 23.9 Å². The Morgan fingerprint density at radius 2 is 0.759 bits per heavy atom. The molecule has 1 heterocycles. The maximum atomic E-state index is 13.2. The largest absolute Gasteiger partial charge is 0.479 e. The van der Waals surface area contributed by atoms with Crippen molar-refractivity contribution in [3.05, 3.63) is 36.5 Å². The first-order valence-electron chi connectivity index (χ1n) is 33.0. The second-order valence-corrected chi connectivity index (χ2v) is 22.8. The minimum absolute atomic E-state index is 0.0497. The van der Waals surface area contributed by atoms with E-state index < -0.39 is 67.3 Å². The summed E-state index contributed by atoms with van der Waals surface area (Å²) in [6, 6.07) is 0. The summed E-state index contributed by atoms with van der Waals surface area (Å²) in [5.41, 5.74) is 0. The molecule has 1 aliphatic rings. The Balaban J connectivity index is 2.63. The van der Waals surface area contributed by atoms with Gasteiger partial charge in [-0.05, 0) is 57.8 Å². The van der Waals surface area contributed by atoms with Gasteiger partial charge in [0.1, 0.15) is 18.8 Å². The molecule has 0 aromatic heterocycles. The molecule has 0 bridgehead atoms. The fourth-order valence-corrected chi connectivity index (χ4v) is 10.1. The number of unbranched alkanes of at least 4 members (excludes halogenated alkanes) is 37. The number of ether oxygens (including phenoxy) is 5. The third-order valence-electron chi connectivity index (χ3n) is 15.2. The highest BCUT2D eigenvalue weighted by molar-refractivity contribution is 5.74. The van der Waals surface area contributed by atoms with Crippen molar-refractivity contribution in [1.29, 1.82) is 0 Å². The molecule has 12 heteroatoms. The number of aliphatic hydroxyl groups excluding tert-OH is 2. The molecule has 0 aromatic carbocycles. The standard InChI is InChI=1S/C67H120O12/c1-4-7-10-13-16-19-22-25-27-29-30-32-34-37-40-43-46-49-52-55-61(70)78-65-63(72)62(71)64(66(73)74)79-67(65)76-57-58(77-60(69)54-51-48-45-42-39-35-24-21-18-15-12-9-6-3)56-75-59(68)53-50-47-44-41-38-36-33-31-28-26-23-20-17-14-11-8-5-2/h16,19,25,27,30,32,58,62-65,67,71-72H,4-15,17-18,20-24,26,28-29,31,33-57H2,1-3H3,(H,73,74)/b19-16-,27-25-,32-30-. The predicted molar refractivity (Wildman–Crippen MR) is 322 cm³/mol. The number of hydrogen-bond donors (Lipinski definition) is 3. The van der Waals surface area contributed by atoms with Crippen molar-refractivity contribution in [1.82, 2.24) is 0 Å². The van der Waals surface area contributed by atoms with Gasteiger partial charge in [0.25, 0.3) is 0 Å². The fraction of sp³-hybridized carbons (Fsp3) is 0.851. The lowest BCUT2D eigenvalue weighted by molar-refractivity contribution is -0.301. The van der Waals surface area contributed by atoms with Gasteiger partial charge in [-0.15, -0.1) is 0 Å². The van der Waals surface area contributed by atoms with Crippen LogP contribution in [0.4, 0.5) is 0 Å². The zero-order valence-corrected chi connectivity index (χ0v) is 50.9. The van der Waals surface area contributed by atoms with Crippen LogP contribution in [0.2, 0.25) is 0 Å². The molecule has 1 saturated heterocycles. The van der Waals surface area contributed by atoms with Crippen molar-refractivity contribution in [2.75, 3.05) is 13.2 Å². The Kier molecular flexibility index (Phi) is 51.9. The summed E-state index contributed by atoms with van der Waals surface area (Å²) >= 11 is 0. The monoisotopic (exact) mass is 1120 g/mol. The maximum Gasteiger partial charge on any atom is 0.335 e. The average Bonchev–Trinajstić information content (AvgIpc) is 3.46. The number of carbonyl (C=O) groups is 4. The summed E-state index contributed by atoms with van der Waals surface area (Å²) in [7, 11) is 0. The minimum atomic E-state index is -1.90. The molecule has 0 spiro atoms. The Hall–Kier alpha value is -3.06. The van der Waals surface area contributed by atoms with Crippen LogP contribution in [0.1, 0.15) is 316 Å². The number of carbonyl (C=O) groups excluding carboxylic acids is 3. The van der Waals surface area contributed by atoms with Crippen LogP contribution in [0, 0.1) is 0 Å². The van der Waals surface area contributed by atoms with Crippen molar-refractivity contribution in [3.63, 3.8) is 0 Å². The molecule has 1 aliphatic heterocycles. The van der Waals surface area contributed by atoms with Gasteiger partial charge in [-0.2, -0.15) is 0 Å². The minimum Gasteiger partial charge on any atom is -0.479 e. The van der Waals surface area contributed by atoms with E-state index in [9.17, 15) is 34.5 Å². The summed E-state index contributed by atoms with van der Waals surface area (Å²) in [4.78, 5) is 51.3. The number of aliphatic hydroxyl groups is 2. The maximum absolute atomic E-state index is 13.2. The predicted octanol–water partition coefficient (Wildman–Crippen LogP) is 17.6. The molecule has 0 amide bonds. The Morgan fingerprint density at radius 3 is 1.18 bits per heavy atom. The van der Waals surface area contributed by atoms with Gasteiger partial charge < -0.3 is 39.0 Å². The van der Waals surface area contributed by atoms with E-state index in [0.717, 1.165) is 89.9 Å². The Labute approximate surface area is 482 Å². The zero-order chi connectivity index (χ0) is 57.5. The van der Waals surface area contributed by atoms with E-state index in [2.05, 4.69) is 57.2 Å². The van der Waals surface area contributed by atoms with E-state index in [1.54, 1.807) is 0 Å². The number of aliphatic carboxylic acids is 1. The lowest BCUT2D eigenvalue weighted by Crippen LogP contribution is -2.61. The van der Waals surface area contributed by atoms with E-state index in [-0.39, 0.29) is 25.9 Å². The molecule has 0 aliphatic carbocycles. The first-order valence-corrected chi connectivity index (χ1v) is 33.0. The van der Waals surface area contributed by atoms with Crippen molar-refractivity contribution in [3.8, 4) is 0 Å². The summed E-state index contributed by atoms with van der Waals surface area (Å²) in [5, 5.41) is 31.6. The van der Waals surface area contributed by atoms with Crippen molar-refractivity contribution >= 4 is 23.9 Å². The van der Waals surface area contributed by atoms with Crippen molar-refractivity contribution < 1.29 is 58.2 Å². The summed E-state index contributed by atoms with van der Waals surface area (Å²) in [5.74, 6) is -3.10. The highest BCUT2D eigenvalue weighted by Crippen LogP contribution is 2.27. The second-order valence-electron chi connectivity index (χ2n) is 22.8. The molecule has 6 atom stereocenters.